The Balaban J connectivity index is 2.32. The molecule has 0 aliphatic rings. The van der Waals surface area contributed by atoms with E-state index in [9.17, 15) is 13.2 Å². The van der Waals surface area contributed by atoms with Crippen molar-refractivity contribution >= 4 is 16.1 Å². The summed E-state index contributed by atoms with van der Waals surface area (Å²) in [5.41, 5.74) is 0.418. The summed E-state index contributed by atoms with van der Waals surface area (Å²) in [5.74, 6) is -0.502. The van der Waals surface area contributed by atoms with Crippen molar-refractivity contribution in [2.75, 3.05) is 19.5 Å². The molecule has 0 saturated carbocycles. The van der Waals surface area contributed by atoms with Gasteiger partial charge in [-0.1, -0.05) is 18.2 Å². The Bertz CT molecular complexity index is 438. The molecule has 0 saturated heterocycles. The molecular weight excluding hydrogens is 232 g/mol. The minimum Gasteiger partial charge on any atom is -0.460 e. The molecule has 0 aliphatic heterocycles. The van der Waals surface area contributed by atoms with E-state index in [1.807, 2.05) is 0 Å². The lowest BCUT2D eigenvalue weighted by atomic mass is 10.2. The first-order chi connectivity index (χ1) is 7.49. The summed E-state index contributed by atoms with van der Waals surface area (Å²) in [5, 5.41) is 0. The Kier molecular flexibility index (Phi) is 4.45. The first-order valence-corrected chi connectivity index (χ1v) is 6.37. The van der Waals surface area contributed by atoms with Crippen LogP contribution in [0, 0.1) is 0 Å². The zero-order valence-corrected chi connectivity index (χ0v) is 9.57. The lowest BCUT2D eigenvalue weighted by Crippen LogP contribution is -2.13. The highest BCUT2D eigenvalue weighted by Crippen LogP contribution is 2.00. The zero-order valence-electron chi connectivity index (χ0n) is 8.75. The van der Waals surface area contributed by atoms with Crippen molar-refractivity contribution in [3.05, 3.63) is 35.9 Å². The summed E-state index contributed by atoms with van der Waals surface area (Å²) in [6.07, 6.45) is 0.937. The molecule has 0 unspecified atom stereocenters. The SMILES string of the molecule is CS(=O)(=O)OCCOC(=O)c1ccccc1. The van der Waals surface area contributed by atoms with Crippen molar-refractivity contribution in [3.8, 4) is 0 Å². The van der Waals surface area contributed by atoms with Gasteiger partial charge in [-0.05, 0) is 12.1 Å². The average Bonchev–Trinajstić information content (AvgIpc) is 2.24. The normalized spacial score (nSPS) is 11.1. The second kappa shape index (κ2) is 5.62. The van der Waals surface area contributed by atoms with Crippen LogP contribution in [0.5, 0.6) is 0 Å². The number of esters is 1. The van der Waals surface area contributed by atoms with Gasteiger partial charge in [0.05, 0.1) is 11.8 Å². The average molecular weight is 244 g/mol. The first-order valence-electron chi connectivity index (χ1n) is 4.55. The smallest absolute Gasteiger partial charge is 0.338 e. The van der Waals surface area contributed by atoms with Crippen molar-refractivity contribution in [2.45, 2.75) is 0 Å². The molecule has 6 heteroatoms. The van der Waals surface area contributed by atoms with Crippen LogP contribution < -0.4 is 0 Å². The quantitative estimate of drug-likeness (QED) is 0.435. The summed E-state index contributed by atoms with van der Waals surface area (Å²) < 4.78 is 30.4. The number of benzene rings is 1. The third kappa shape index (κ3) is 4.90. The van der Waals surface area contributed by atoms with Gasteiger partial charge in [-0.2, -0.15) is 8.42 Å². The van der Waals surface area contributed by atoms with Gasteiger partial charge >= 0.3 is 5.97 Å². The molecule has 0 N–H and O–H groups in total. The Labute approximate surface area is 94.1 Å². The van der Waals surface area contributed by atoms with Gasteiger partial charge < -0.3 is 4.74 Å². The first kappa shape index (κ1) is 12.7. The lowest BCUT2D eigenvalue weighted by molar-refractivity contribution is 0.0453. The molecule has 0 aliphatic carbocycles. The number of carbonyl (C=O) groups excluding carboxylic acids is 1. The fourth-order valence-electron chi connectivity index (χ4n) is 0.977. The largest absolute Gasteiger partial charge is 0.460 e. The van der Waals surface area contributed by atoms with Gasteiger partial charge in [0.1, 0.15) is 13.2 Å². The van der Waals surface area contributed by atoms with Crippen LogP contribution in [0.3, 0.4) is 0 Å². The monoisotopic (exact) mass is 244 g/mol. The maximum Gasteiger partial charge on any atom is 0.338 e. The zero-order chi connectivity index (χ0) is 12.0. The van der Waals surface area contributed by atoms with Gasteiger partial charge in [0.2, 0.25) is 0 Å². The Hall–Kier alpha value is -1.40. The maximum absolute atomic E-state index is 11.3. The third-order valence-corrected chi connectivity index (χ3v) is 2.22. The van der Waals surface area contributed by atoms with E-state index in [1.165, 1.54) is 0 Å². The van der Waals surface area contributed by atoms with Crippen molar-refractivity contribution in [1.82, 2.24) is 0 Å². The fourth-order valence-corrected chi connectivity index (χ4v) is 1.35. The summed E-state index contributed by atoms with van der Waals surface area (Å²) in [7, 11) is -3.48. The summed E-state index contributed by atoms with van der Waals surface area (Å²) in [6, 6.07) is 8.43. The van der Waals surface area contributed by atoms with Crippen LogP contribution in [0.1, 0.15) is 10.4 Å². The number of ether oxygens (including phenoxy) is 1. The maximum atomic E-state index is 11.3. The molecule has 1 rings (SSSR count). The molecule has 1 aromatic rings. The summed E-state index contributed by atoms with van der Waals surface area (Å²) >= 11 is 0. The molecule has 0 heterocycles. The Morgan fingerprint density at radius 2 is 1.81 bits per heavy atom. The summed E-state index contributed by atoms with van der Waals surface area (Å²) in [4.78, 5) is 11.3. The predicted octanol–water partition coefficient (Wildman–Crippen LogP) is 0.820. The Morgan fingerprint density at radius 3 is 2.38 bits per heavy atom. The van der Waals surface area contributed by atoms with Gasteiger partial charge in [-0.25, -0.2) is 4.79 Å². The van der Waals surface area contributed by atoms with E-state index < -0.39 is 16.1 Å². The van der Waals surface area contributed by atoms with E-state index in [1.54, 1.807) is 30.3 Å². The molecule has 0 aromatic heterocycles. The minimum atomic E-state index is -3.48. The minimum absolute atomic E-state index is 0.0964. The van der Waals surface area contributed by atoms with Crippen LogP contribution in [0.4, 0.5) is 0 Å². The molecule has 88 valence electrons. The highest BCUT2D eigenvalue weighted by molar-refractivity contribution is 7.85. The van der Waals surface area contributed by atoms with E-state index in [2.05, 4.69) is 4.18 Å². The van der Waals surface area contributed by atoms with Crippen molar-refractivity contribution in [1.29, 1.82) is 0 Å². The van der Waals surface area contributed by atoms with Gasteiger partial charge in [0.15, 0.2) is 0 Å². The van der Waals surface area contributed by atoms with Gasteiger partial charge in [0.25, 0.3) is 10.1 Å². The lowest BCUT2D eigenvalue weighted by Gasteiger charge is -2.04. The van der Waals surface area contributed by atoms with Crippen molar-refractivity contribution in [2.24, 2.45) is 0 Å². The highest BCUT2D eigenvalue weighted by atomic mass is 32.2. The number of carbonyl (C=O) groups is 1. The highest BCUT2D eigenvalue weighted by Gasteiger charge is 2.06. The molecule has 5 nitrogen and oxygen atoms in total. The molecule has 0 bridgehead atoms. The van der Waals surface area contributed by atoms with E-state index in [4.69, 9.17) is 4.74 Å². The second-order valence-electron chi connectivity index (χ2n) is 3.03. The second-order valence-corrected chi connectivity index (χ2v) is 4.67. The topological polar surface area (TPSA) is 69.7 Å². The van der Waals surface area contributed by atoms with Crippen molar-refractivity contribution in [3.63, 3.8) is 0 Å². The third-order valence-electron chi connectivity index (χ3n) is 1.62. The molecule has 1 aromatic carbocycles. The van der Waals surface area contributed by atoms with E-state index >= 15 is 0 Å². The van der Waals surface area contributed by atoms with Crippen LogP contribution in [0.15, 0.2) is 30.3 Å². The molecule has 0 fully saturated rings. The fraction of sp³-hybridized carbons (Fsp3) is 0.300. The number of hydrogen-bond acceptors (Lipinski definition) is 5. The van der Waals surface area contributed by atoms with Crippen LogP contribution >= 0.6 is 0 Å². The predicted molar refractivity (Wildman–Crippen MR) is 57.5 cm³/mol. The van der Waals surface area contributed by atoms with E-state index in [0.29, 0.717) is 5.56 Å². The van der Waals surface area contributed by atoms with Gasteiger partial charge in [-0.3, -0.25) is 4.18 Å². The van der Waals surface area contributed by atoms with Crippen LogP contribution in [0.25, 0.3) is 0 Å². The van der Waals surface area contributed by atoms with E-state index in [0.717, 1.165) is 6.26 Å². The van der Waals surface area contributed by atoms with Gasteiger partial charge in [0, 0.05) is 0 Å². The molecule has 0 spiro atoms. The number of hydrogen-bond donors (Lipinski definition) is 0. The standard InChI is InChI=1S/C10H12O5S/c1-16(12,13)15-8-7-14-10(11)9-5-3-2-4-6-9/h2-6H,7-8H2,1H3. The Morgan fingerprint density at radius 1 is 1.19 bits per heavy atom. The van der Waals surface area contributed by atoms with Crippen LogP contribution in [-0.4, -0.2) is 33.9 Å². The molecule has 0 atom stereocenters. The van der Waals surface area contributed by atoms with Crippen LogP contribution in [0.2, 0.25) is 0 Å². The molecule has 16 heavy (non-hydrogen) atoms. The van der Waals surface area contributed by atoms with E-state index in [-0.39, 0.29) is 13.2 Å². The summed E-state index contributed by atoms with van der Waals surface area (Å²) in [6.45, 7) is -0.266. The molecular formula is C10H12O5S. The van der Waals surface area contributed by atoms with Gasteiger partial charge in [-0.15, -0.1) is 0 Å². The number of rotatable bonds is 5. The van der Waals surface area contributed by atoms with Crippen LogP contribution in [-0.2, 0) is 19.0 Å². The molecule has 0 radical (unpaired) electrons. The molecule has 0 amide bonds. The van der Waals surface area contributed by atoms with Crippen molar-refractivity contribution < 1.29 is 22.1 Å².